The van der Waals surface area contributed by atoms with Gasteiger partial charge in [-0.15, -0.1) is 0 Å². The van der Waals surface area contributed by atoms with Crippen LogP contribution in [0.1, 0.15) is 31.8 Å². The van der Waals surface area contributed by atoms with Gasteiger partial charge in [-0.1, -0.05) is 18.2 Å². The Kier molecular flexibility index (Phi) is 4.43. The van der Waals surface area contributed by atoms with Crippen LogP contribution in [0.5, 0.6) is 0 Å². The van der Waals surface area contributed by atoms with E-state index >= 15 is 0 Å². The minimum absolute atomic E-state index is 0.0942. The minimum Gasteiger partial charge on any atom is -0.398 e. The monoisotopic (exact) mass is 354 g/mol. The molecule has 2 amide bonds. The molecule has 8 heteroatoms. The summed E-state index contributed by atoms with van der Waals surface area (Å²) < 4.78 is 0. The standard InChI is InChI=1S/C9H6N2O4.C9H12N2/c1-10-8(12)5-3-2-4-6(11(14)15)7(5)9(10)13;1-11-5-7-3-2-4-9(10)8(7)6-11/h2-4H,1H3;2-4H,5-6,10H2,1H3. The van der Waals surface area contributed by atoms with Gasteiger partial charge in [0.1, 0.15) is 5.56 Å². The van der Waals surface area contributed by atoms with E-state index in [-0.39, 0.29) is 16.8 Å². The fourth-order valence-electron chi connectivity index (χ4n) is 3.15. The molecule has 0 aliphatic carbocycles. The number of nitro groups is 1. The second-order valence-electron chi connectivity index (χ2n) is 6.28. The fourth-order valence-corrected chi connectivity index (χ4v) is 3.15. The molecule has 0 radical (unpaired) electrons. The van der Waals surface area contributed by atoms with E-state index in [1.807, 2.05) is 12.1 Å². The third-order valence-electron chi connectivity index (χ3n) is 4.47. The van der Waals surface area contributed by atoms with Gasteiger partial charge in [0.2, 0.25) is 0 Å². The summed E-state index contributed by atoms with van der Waals surface area (Å²) in [6.07, 6.45) is 0. The van der Waals surface area contributed by atoms with Crippen molar-refractivity contribution < 1.29 is 14.5 Å². The first-order chi connectivity index (χ1) is 12.3. The number of fused-ring (bicyclic) bond motifs is 2. The van der Waals surface area contributed by atoms with E-state index in [4.69, 9.17) is 5.73 Å². The van der Waals surface area contributed by atoms with Gasteiger partial charge in [0.25, 0.3) is 17.5 Å². The maximum absolute atomic E-state index is 11.5. The molecule has 4 rings (SSSR count). The molecule has 2 aromatic carbocycles. The van der Waals surface area contributed by atoms with E-state index in [1.165, 1.54) is 36.4 Å². The number of imide groups is 1. The lowest BCUT2D eigenvalue weighted by Gasteiger charge is -2.03. The molecule has 0 spiro atoms. The van der Waals surface area contributed by atoms with Crippen molar-refractivity contribution in [1.29, 1.82) is 0 Å². The minimum atomic E-state index is -0.664. The summed E-state index contributed by atoms with van der Waals surface area (Å²) in [5.41, 5.74) is 9.10. The van der Waals surface area contributed by atoms with Crippen molar-refractivity contribution in [2.24, 2.45) is 0 Å². The van der Waals surface area contributed by atoms with Gasteiger partial charge in [0, 0.05) is 31.9 Å². The SMILES string of the molecule is CN1C(=O)c2cccc([N+](=O)[O-])c2C1=O.CN1Cc2cccc(N)c2C1. The Bertz CT molecular complexity index is 925. The summed E-state index contributed by atoms with van der Waals surface area (Å²) in [6, 6.07) is 10.1. The lowest BCUT2D eigenvalue weighted by Crippen LogP contribution is -2.24. The Hall–Kier alpha value is -3.26. The topological polar surface area (TPSA) is 110 Å². The number of hydrogen-bond donors (Lipinski definition) is 1. The second kappa shape index (κ2) is 6.57. The highest BCUT2D eigenvalue weighted by molar-refractivity contribution is 6.22. The molecule has 0 atom stereocenters. The maximum Gasteiger partial charge on any atom is 0.282 e. The summed E-state index contributed by atoms with van der Waals surface area (Å²) in [4.78, 5) is 36.1. The van der Waals surface area contributed by atoms with Gasteiger partial charge in [-0.3, -0.25) is 29.5 Å². The zero-order valence-corrected chi connectivity index (χ0v) is 14.4. The molecule has 2 heterocycles. The van der Waals surface area contributed by atoms with Crippen LogP contribution in [-0.4, -0.2) is 40.6 Å². The van der Waals surface area contributed by atoms with Gasteiger partial charge in [-0.25, -0.2) is 0 Å². The Morgan fingerprint density at radius 3 is 2.38 bits per heavy atom. The van der Waals surface area contributed by atoms with Crippen LogP contribution in [0.4, 0.5) is 11.4 Å². The van der Waals surface area contributed by atoms with E-state index in [2.05, 4.69) is 18.0 Å². The fraction of sp³-hybridized carbons (Fsp3) is 0.222. The number of hydrogen-bond acceptors (Lipinski definition) is 6. The highest BCUT2D eigenvalue weighted by atomic mass is 16.6. The smallest absolute Gasteiger partial charge is 0.282 e. The van der Waals surface area contributed by atoms with Gasteiger partial charge in [-0.2, -0.15) is 0 Å². The molecule has 0 saturated heterocycles. The number of nitrogens with two attached hydrogens (primary N) is 1. The second-order valence-corrected chi connectivity index (χ2v) is 6.28. The molecular formula is C18H18N4O4. The van der Waals surface area contributed by atoms with Crippen LogP contribution in [0, 0.1) is 10.1 Å². The first kappa shape index (κ1) is 17.6. The van der Waals surface area contributed by atoms with Gasteiger partial charge in [0.15, 0.2) is 0 Å². The van der Waals surface area contributed by atoms with Crippen molar-refractivity contribution in [3.63, 3.8) is 0 Å². The Morgan fingerprint density at radius 1 is 1.04 bits per heavy atom. The largest absolute Gasteiger partial charge is 0.398 e. The van der Waals surface area contributed by atoms with Crippen LogP contribution in [0.3, 0.4) is 0 Å². The Morgan fingerprint density at radius 2 is 1.73 bits per heavy atom. The molecule has 0 unspecified atom stereocenters. The number of anilines is 1. The third kappa shape index (κ3) is 2.91. The summed E-state index contributed by atoms with van der Waals surface area (Å²) in [5, 5.41) is 10.6. The van der Waals surface area contributed by atoms with Crippen molar-refractivity contribution in [1.82, 2.24) is 9.80 Å². The van der Waals surface area contributed by atoms with E-state index in [9.17, 15) is 19.7 Å². The molecule has 2 aromatic rings. The van der Waals surface area contributed by atoms with Crippen molar-refractivity contribution in [3.05, 3.63) is 68.8 Å². The molecule has 0 fully saturated rings. The first-order valence-corrected chi connectivity index (χ1v) is 7.95. The van der Waals surface area contributed by atoms with E-state index in [0.29, 0.717) is 0 Å². The van der Waals surface area contributed by atoms with Crippen molar-refractivity contribution in [3.8, 4) is 0 Å². The number of carbonyl (C=O) groups excluding carboxylic acids is 2. The van der Waals surface area contributed by atoms with Crippen LogP contribution >= 0.6 is 0 Å². The number of amides is 2. The normalized spacial score (nSPS) is 15.4. The number of carbonyl (C=O) groups is 2. The third-order valence-corrected chi connectivity index (χ3v) is 4.47. The zero-order valence-electron chi connectivity index (χ0n) is 14.4. The Balaban J connectivity index is 0.000000158. The van der Waals surface area contributed by atoms with Crippen LogP contribution in [0.2, 0.25) is 0 Å². The van der Waals surface area contributed by atoms with Crippen molar-refractivity contribution >= 4 is 23.2 Å². The quantitative estimate of drug-likeness (QED) is 0.363. The van der Waals surface area contributed by atoms with Gasteiger partial charge in [-0.05, 0) is 30.3 Å². The van der Waals surface area contributed by atoms with E-state index in [1.54, 1.807) is 0 Å². The van der Waals surface area contributed by atoms with Crippen LogP contribution in [-0.2, 0) is 13.1 Å². The molecular weight excluding hydrogens is 336 g/mol. The van der Waals surface area contributed by atoms with Crippen molar-refractivity contribution in [2.75, 3.05) is 19.8 Å². The molecule has 0 saturated carbocycles. The predicted octanol–water partition coefficient (Wildman–Crippen LogP) is 2.03. The number of nitrogens with zero attached hydrogens (tertiary/aromatic N) is 3. The average Bonchev–Trinajstić information content (AvgIpc) is 3.10. The highest BCUT2D eigenvalue weighted by Crippen LogP contribution is 2.29. The highest BCUT2D eigenvalue weighted by Gasteiger charge is 2.38. The van der Waals surface area contributed by atoms with Crippen LogP contribution in [0.25, 0.3) is 0 Å². The van der Waals surface area contributed by atoms with Gasteiger partial charge in [0.05, 0.1) is 10.5 Å². The van der Waals surface area contributed by atoms with Crippen LogP contribution < -0.4 is 5.73 Å². The number of benzene rings is 2. The molecule has 2 aliphatic heterocycles. The molecule has 26 heavy (non-hydrogen) atoms. The lowest BCUT2D eigenvalue weighted by molar-refractivity contribution is -0.385. The molecule has 8 nitrogen and oxygen atoms in total. The number of nitro benzene ring substituents is 1. The molecule has 2 N–H and O–H groups in total. The van der Waals surface area contributed by atoms with E-state index < -0.39 is 16.7 Å². The lowest BCUT2D eigenvalue weighted by atomic mass is 10.1. The van der Waals surface area contributed by atoms with Crippen molar-refractivity contribution in [2.45, 2.75) is 13.1 Å². The predicted molar refractivity (Wildman–Crippen MR) is 95.5 cm³/mol. The van der Waals surface area contributed by atoms with E-state index in [0.717, 1.165) is 23.7 Å². The molecule has 0 aromatic heterocycles. The molecule has 2 aliphatic rings. The maximum atomic E-state index is 11.5. The molecule has 134 valence electrons. The zero-order chi connectivity index (χ0) is 19.0. The number of rotatable bonds is 1. The van der Waals surface area contributed by atoms with Gasteiger partial charge >= 0.3 is 0 Å². The van der Waals surface area contributed by atoms with Crippen LogP contribution in [0.15, 0.2) is 36.4 Å². The Labute approximate surface area is 150 Å². The van der Waals surface area contributed by atoms with Gasteiger partial charge < -0.3 is 5.73 Å². The summed E-state index contributed by atoms with van der Waals surface area (Å²) in [7, 11) is 3.41. The average molecular weight is 354 g/mol. The summed E-state index contributed by atoms with van der Waals surface area (Å²) in [5.74, 6) is -1.12. The number of nitrogen functional groups attached to an aromatic ring is 1. The summed E-state index contributed by atoms with van der Waals surface area (Å²) >= 11 is 0. The molecule has 0 bridgehead atoms. The summed E-state index contributed by atoms with van der Waals surface area (Å²) in [6.45, 7) is 2.04. The first-order valence-electron chi connectivity index (χ1n) is 7.95.